The number of benzene rings is 3. The smallest absolute Gasteiger partial charge is 0.380 e. The van der Waals surface area contributed by atoms with E-state index in [2.05, 4.69) is 5.32 Å². The molecule has 0 aromatic heterocycles. The maximum absolute atomic E-state index is 14.3. The fourth-order valence-electron chi connectivity index (χ4n) is 6.53. The van der Waals surface area contributed by atoms with Crippen molar-refractivity contribution in [3.05, 3.63) is 95.3 Å². The van der Waals surface area contributed by atoms with Crippen molar-refractivity contribution in [3.63, 3.8) is 0 Å². The number of halogens is 4. The van der Waals surface area contributed by atoms with Gasteiger partial charge in [0.2, 0.25) is 0 Å². The van der Waals surface area contributed by atoms with Crippen molar-refractivity contribution < 1.29 is 44.3 Å². The van der Waals surface area contributed by atoms with Crippen LogP contribution in [0.3, 0.4) is 0 Å². The molecule has 1 atom stereocenters. The molecule has 0 saturated heterocycles. The van der Waals surface area contributed by atoms with Gasteiger partial charge in [-0.15, -0.1) is 0 Å². The minimum Gasteiger partial charge on any atom is -0.380 e. The normalized spacial score (nSPS) is 23.0. The summed E-state index contributed by atoms with van der Waals surface area (Å²) in [7, 11) is -7.98. The number of hydrogen-bond acceptors (Lipinski definition) is 6. The summed E-state index contributed by atoms with van der Waals surface area (Å²) in [6, 6.07) is 13.2. The topological polar surface area (TPSA) is 121 Å². The second kappa shape index (κ2) is 12.0. The molecule has 3 aromatic rings. The lowest BCUT2D eigenvalue weighted by Crippen LogP contribution is -2.55. The first kappa shape index (κ1) is 34.6. The van der Waals surface area contributed by atoms with Crippen molar-refractivity contribution in [2.45, 2.75) is 79.0 Å². The van der Waals surface area contributed by atoms with Gasteiger partial charge in [-0.3, -0.25) is 9.10 Å². The first-order valence-electron chi connectivity index (χ1n) is 14.8. The van der Waals surface area contributed by atoms with E-state index in [4.69, 9.17) is 0 Å². The zero-order valence-electron chi connectivity index (χ0n) is 25.8. The standard InChI is InChI=1S/C33H34F4N2O6S2/c1-21(2)7-14-29-31(15-17-32(41,18-16-31)33(35,36)37)27-19-22(30(40)38-24-5-4-6-26(20-24)46(3,42)43)8-13-28(27)39(29)47(44,45)25-11-9-23(34)10-12-25/h4-13,19-20,29,41H,14-18H2,1-3H3,(H,38,40). The summed E-state index contributed by atoms with van der Waals surface area (Å²) in [4.78, 5) is 13.2. The van der Waals surface area contributed by atoms with Crippen LogP contribution in [-0.4, -0.2) is 51.9 Å². The van der Waals surface area contributed by atoms with E-state index in [9.17, 15) is 44.3 Å². The molecule has 1 fully saturated rings. The van der Waals surface area contributed by atoms with Gasteiger partial charge in [0.1, 0.15) is 5.82 Å². The quantitative estimate of drug-likeness (QED) is 0.215. The number of anilines is 2. The number of sulfone groups is 1. The largest absolute Gasteiger partial charge is 0.417 e. The summed E-state index contributed by atoms with van der Waals surface area (Å²) < 4.78 is 109. The molecule has 1 unspecified atom stereocenters. The first-order valence-corrected chi connectivity index (χ1v) is 18.1. The second-order valence-corrected chi connectivity index (χ2v) is 16.3. The molecule has 2 aliphatic rings. The number of nitrogens with one attached hydrogen (secondary N) is 1. The highest BCUT2D eigenvalue weighted by Gasteiger charge is 2.62. The van der Waals surface area contributed by atoms with Gasteiger partial charge in [0.05, 0.1) is 21.5 Å². The summed E-state index contributed by atoms with van der Waals surface area (Å²) in [6.45, 7) is 3.61. The molecular formula is C33H34F4N2O6S2. The van der Waals surface area contributed by atoms with Crippen LogP contribution in [0.25, 0.3) is 0 Å². The Balaban J connectivity index is 1.65. The molecule has 1 saturated carbocycles. The van der Waals surface area contributed by atoms with Crippen molar-refractivity contribution in [2.75, 3.05) is 15.9 Å². The predicted molar refractivity (Wildman–Crippen MR) is 169 cm³/mol. The summed E-state index contributed by atoms with van der Waals surface area (Å²) in [5.74, 6) is -1.31. The zero-order chi connectivity index (χ0) is 34.6. The van der Waals surface area contributed by atoms with Crippen LogP contribution in [-0.2, 0) is 25.3 Å². The number of fused-ring (bicyclic) bond motifs is 2. The molecule has 1 spiro atoms. The van der Waals surface area contributed by atoms with Crippen LogP contribution in [0.4, 0.5) is 28.9 Å². The fourth-order valence-corrected chi connectivity index (χ4v) is 8.94. The Morgan fingerprint density at radius 3 is 2.17 bits per heavy atom. The van der Waals surface area contributed by atoms with Gasteiger partial charge in [-0.05, 0) is 112 Å². The van der Waals surface area contributed by atoms with Gasteiger partial charge in [-0.25, -0.2) is 21.2 Å². The van der Waals surface area contributed by atoms with Crippen LogP contribution in [0, 0.1) is 5.82 Å². The fraction of sp³-hybridized carbons (Fsp3) is 0.364. The van der Waals surface area contributed by atoms with Gasteiger partial charge >= 0.3 is 6.18 Å². The molecule has 1 heterocycles. The molecule has 47 heavy (non-hydrogen) atoms. The van der Waals surface area contributed by atoms with E-state index in [0.717, 1.165) is 40.4 Å². The summed E-state index contributed by atoms with van der Waals surface area (Å²) in [5, 5.41) is 13.3. The number of allylic oxidation sites excluding steroid dienone is 1. The highest BCUT2D eigenvalue weighted by Crippen LogP contribution is 2.59. The average Bonchev–Trinajstić information content (AvgIpc) is 3.26. The van der Waals surface area contributed by atoms with E-state index < -0.39 is 67.7 Å². The highest BCUT2D eigenvalue weighted by atomic mass is 32.2. The molecular weight excluding hydrogens is 660 g/mol. The maximum Gasteiger partial charge on any atom is 0.417 e. The summed E-state index contributed by atoms with van der Waals surface area (Å²) in [6.07, 6.45) is -3.85. The van der Waals surface area contributed by atoms with E-state index in [1.807, 2.05) is 0 Å². The first-order chi connectivity index (χ1) is 21.8. The molecule has 252 valence electrons. The van der Waals surface area contributed by atoms with Crippen molar-refractivity contribution in [2.24, 2.45) is 0 Å². The molecule has 5 rings (SSSR count). The Kier molecular flexibility index (Phi) is 8.86. The van der Waals surface area contributed by atoms with Crippen molar-refractivity contribution >= 4 is 37.1 Å². The van der Waals surface area contributed by atoms with Crippen LogP contribution in [0.1, 0.15) is 61.9 Å². The van der Waals surface area contributed by atoms with Crippen molar-refractivity contribution in [1.82, 2.24) is 0 Å². The Labute approximate surface area is 271 Å². The third-order valence-electron chi connectivity index (χ3n) is 9.09. The SMILES string of the molecule is CC(C)=CCC1N(S(=O)(=O)c2ccc(F)cc2)c2ccc(C(=O)Nc3cccc(S(C)(=O)=O)c3)cc2C12CCC(O)(C(F)(F)F)CC2. The number of hydrogen-bond donors (Lipinski definition) is 2. The lowest BCUT2D eigenvalue weighted by atomic mass is 9.62. The lowest BCUT2D eigenvalue weighted by Gasteiger charge is -2.46. The second-order valence-electron chi connectivity index (χ2n) is 12.5. The van der Waals surface area contributed by atoms with Gasteiger partial charge < -0.3 is 10.4 Å². The van der Waals surface area contributed by atoms with Gasteiger partial charge in [0.25, 0.3) is 15.9 Å². The lowest BCUT2D eigenvalue weighted by molar-refractivity contribution is -0.273. The third-order valence-corrected chi connectivity index (χ3v) is 12.0. The van der Waals surface area contributed by atoms with Crippen LogP contribution in [0.2, 0.25) is 0 Å². The Morgan fingerprint density at radius 2 is 1.60 bits per heavy atom. The highest BCUT2D eigenvalue weighted by molar-refractivity contribution is 7.93. The van der Waals surface area contributed by atoms with Gasteiger partial charge in [0, 0.05) is 22.9 Å². The summed E-state index contributed by atoms with van der Waals surface area (Å²) in [5.41, 5.74) is -2.63. The predicted octanol–water partition coefficient (Wildman–Crippen LogP) is 6.52. The van der Waals surface area contributed by atoms with Crippen LogP contribution < -0.4 is 9.62 Å². The van der Waals surface area contributed by atoms with E-state index >= 15 is 0 Å². The van der Waals surface area contributed by atoms with E-state index in [-0.39, 0.29) is 46.0 Å². The number of sulfonamides is 1. The van der Waals surface area contributed by atoms with Crippen LogP contribution in [0.15, 0.2) is 88.2 Å². The maximum atomic E-state index is 14.3. The molecule has 1 amide bonds. The average molecular weight is 695 g/mol. The van der Waals surface area contributed by atoms with E-state index in [1.165, 1.54) is 42.5 Å². The number of rotatable bonds is 7. The molecule has 14 heteroatoms. The molecule has 1 aliphatic heterocycles. The number of alkyl halides is 3. The molecule has 2 N–H and O–H groups in total. The van der Waals surface area contributed by atoms with Crippen LogP contribution in [0.5, 0.6) is 0 Å². The van der Waals surface area contributed by atoms with Crippen LogP contribution >= 0.6 is 0 Å². The minimum absolute atomic E-state index is 0.0219. The van der Waals surface area contributed by atoms with Crippen molar-refractivity contribution in [1.29, 1.82) is 0 Å². The molecule has 3 aromatic carbocycles. The number of nitrogens with zero attached hydrogens (tertiary/aromatic N) is 1. The van der Waals surface area contributed by atoms with Gasteiger partial charge in [0.15, 0.2) is 15.4 Å². The van der Waals surface area contributed by atoms with E-state index in [1.54, 1.807) is 19.9 Å². The Bertz CT molecular complexity index is 1950. The molecule has 1 aliphatic carbocycles. The summed E-state index contributed by atoms with van der Waals surface area (Å²) >= 11 is 0. The van der Waals surface area contributed by atoms with Gasteiger partial charge in [-0.1, -0.05) is 17.7 Å². The number of amides is 1. The van der Waals surface area contributed by atoms with Gasteiger partial charge in [-0.2, -0.15) is 13.2 Å². The Morgan fingerprint density at radius 1 is 0.957 bits per heavy atom. The minimum atomic E-state index is -4.91. The molecule has 0 bridgehead atoms. The number of aliphatic hydroxyl groups is 1. The number of carbonyl (C=O) groups is 1. The zero-order valence-corrected chi connectivity index (χ0v) is 27.4. The van der Waals surface area contributed by atoms with Crippen molar-refractivity contribution in [3.8, 4) is 0 Å². The van der Waals surface area contributed by atoms with E-state index in [0.29, 0.717) is 5.56 Å². The Hall–Kier alpha value is -3.75. The molecule has 0 radical (unpaired) electrons. The monoisotopic (exact) mass is 694 g/mol. The third kappa shape index (κ3) is 6.42. The molecule has 8 nitrogen and oxygen atoms in total. The number of carbonyl (C=O) groups excluding carboxylic acids is 1.